The smallest absolute Gasteiger partial charge is 0.251 e. The molecule has 0 unspecified atom stereocenters. The van der Waals surface area contributed by atoms with Crippen molar-refractivity contribution in [1.82, 2.24) is 15.5 Å². The first-order valence-corrected chi connectivity index (χ1v) is 10.4. The monoisotopic (exact) mass is 410 g/mol. The summed E-state index contributed by atoms with van der Waals surface area (Å²) >= 11 is 0. The first-order chi connectivity index (χ1) is 14.7. The van der Waals surface area contributed by atoms with Crippen LogP contribution in [0, 0.1) is 0 Å². The number of hydrogen-bond donors (Lipinski definition) is 2. The second-order valence-corrected chi connectivity index (χ2v) is 7.28. The van der Waals surface area contributed by atoms with Crippen molar-refractivity contribution in [1.29, 1.82) is 0 Å². The van der Waals surface area contributed by atoms with E-state index in [9.17, 15) is 9.59 Å². The lowest BCUT2D eigenvalue weighted by atomic mass is 10.2. The molecule has 0 saturated carbocycles. The third-order valence-electron chi connectivity index (χ3n) is 5.23. The molecule has 0 aromatic heterocycles. The Balaban J connectivity index is 1.27. The fraction of sp³-hybridized carbons (Fsp3) is 0.391. The predicted octanol–water partition coefficient (Wildman–Crippen LogP) is 1.75. The van der Waals surface area contributed by atoms with Gasteiger partial charge in [-0.1, -0.05) is 18.2 Å². The molecule has 160 valence electrons. The average Bonchev–Trinajstić information content (AvgIpc) is 2.81. The van der Waals surface area contributed by atoms with Crippen LogP contribution in [0.1, 0.15) is 16.8 Å². The molecule has 0 radical (unpaired) electrons. The van der Waals surface area contributed by atoms with Crippen LogP contribution in [0.5, 0.6) is 5.75 Å². The molecule has 0 aliphatic carbocycles. The second kappa shape index (κ2) is 11.2. The molecule has 7 heteroatoms. The van der Waals surface area contributed by atoms with Crippen molar-refractivity contribution >= 4 is 17.5 Å². The molecule has 7 nitrogen and oxygen atoms in total. The second-order valence-electron chi connectivity index (χ2n) is 7.28. The van der Waals surface area contributed by atoms with Gasteiger partial charge in [-0.15, -0.1) is 0 Å². The van der Waals surface area contributed by atoms with Gasteiger partial charge >= 0.3 is 0 Å². The number of anilines is 1. The highest BCUT2D eigenvalue weighted by Gasteiger charge is 2.17. The first-order valence-electron chi connectivity index (χ1n) is 10.4. The summed E-state index contributed by atoms with van der Waals surface area (Å²) in [5.41, 5.74) is 1.78. The molecule has 2 amide bonds. The SMILES string of the molecule is COc1ccc(N2CCN(CCCNC(=O)CNC(=O)c3ccccc3)CC2)cc1. The summed E-state index contributed by atoms with van der Waals surface area (Å²) in [4.78, 5) is 28.7. The molecule has 2 aromatic carbocycles. The number of carbonyl (C=O) groups excluding carboxylic acids is 2. The Morgan fingerprint density at radius 2 is 1.63 bits per heavy atom. The van der Waals surface area contributed by atoms with Crippen molar-refractivity contribution in [3.8, 4) is 5.75 Å². The number of amides is 2. The van der Waals surface area contributed by atoms with Crippen LogP contribution in [0.15, 0.2) is 54.6 Å². The lowest BCUT2D eigenvalue weighted by molar-refractivity contribution is -0.120. The molecule has 3 rings (SSSR count). The molecule has 1 aliphatic rings. The largest absolute Gasteiger partial charge is 0.497 e. The fourth-order valence-corrected chi connectivity index (χ4v) is 3.47. The summed E-state index contributed by atoms with van der Waals surface area (Å²) in [6.45, 7) is 5.55. The molecular formula is C23H30N4O3. The third-order valence-corrected chi connectivity index (χ3v) is 5.23. The summed E-state index contributed by atoms with van der Waals surface area (Å²) in [6, 6.07) is 17.1. The Kier molecular flexibility index (Phi) is 8.09. The minimum atomic E-state index is -0.236. The molecule has 2 N–H and O–H groups in total. The molecular weight excluding hydrogens is 380 g/mol. The van der Waals surface area contributed by atoms with Gasteiger partial charge in [-0.3, -0.25) is 14.5 Å². The Morgan fingerprint density at radius 3 is 2.30 bits per heavy atom. The highest BCUT2D eigenvalue weighted by Crippen LogP contribution is 2.20. The topological polar surface area (TPSA) is 73.9 Å². The summed E-state index contributed by atoms with van der Waals surface area (Å²) in [7, 11) is 1.68. The quantitative estimate of drug-likeness (QED) is 0.616. The van der Waals surface area contributed by atoms with E-state index in [-0.39, 0.29) is 18.4 Å². The van der Waals surface area contributed by atoms with Crippen LogP contribution >= 0.6 is 0 Å². The number of ether oxygens (including phenoxy) is 1. The van der Waals surface area contributed by atoms with Crippen LogP contribution < -0.4 is 20.3 Å². The molecule has 1 heterocycles. The Labute approximate surface area is 178 Å². The zero-order valence-corrected chi connectivity index (χ0v) is 17.5. The van der Waals surface area contributed by atoms with E-state index in [4.69, 9.17) is 4.74 Å². The lowest BCUT2D eigenvalue weighted by Gasteiger charge is -2.36. The van der Waals surface area contributed by atoms with E-state index in [1.165, 1.54) is 5.69 Å². The van der Waals surface area contributed by atoms with Crippen molar-refractivity contribution < 1.29 is 14.3 Å². The van der Waals surface area contributed by atoms with E-state index >= 15 is 0 Å². The fourth-order valence-electron chi connectivity index (χ4n) is 3.47. The molecule has 2 aromatic rings. The van der Waals surface area contributed by atoms with Crippen molar-refractivity contribution in [2.45, 2.75) is 6.42 Å². The average molecular weight is 411 g/mol. The van der Waals surface area contributed by atoms with Gasteiger partial charge in [0.15, 0.2) is 0 Å². The first kappa shape index (κ1) is 21.6. The molecule has 1 aliphatic heterocycles. The van der Waals surface area contributed by atoms with Crippen LogP contribution in [0.2, 0.25) is 0 Å². The zero-order valence-electron chi connectivity index (χ0n) is 17.5. The van der Waals surface area contributed by atoms with Crippen molar-refractivity contribution in [2.75, 3.05) is 57.8 Å². The maximum Gasteiger partial charge on any atom is 0.251 e. The van der Waals surface area contributed by atoms with Gasteiger partial charge in [0, 0.05) is 44.0 Å². The van der Waals surface area contributed by atoms with Crippen LogP contribution in [0.25, 0.3) is 0 Å². The minimum Gasteiger partial charge on any atom is -0.497 e. The van der Waals surface area contributed by atoms with Crippen LogP contribution in [0.3, 0.4) is 0 Å². The minimum absolute atomic E-state index is 0.00569. The number of methoxy groups -OCH3 is 1. The van der Waals surface area contributed by atoms with Gasteiger partial charge < -0.3 is 20.3 Å². The van der Waals surface area contributed by atoms with Gasteiger partial charge in [-0.25, -0.2) is 0 Å². The molecule has 0 atom stereocenters. The summed E-state index contributed by atoms with van der Waals surface area (Å²) < 4.78 is 5.22. The standard InChI is InChI=1S/C23H30N4O3/c1-30-21-10-8-20(9-11-21)27-16-14-26(15-17-27)13-5-12-24-22(28)18-25-23(29)19-6-3-2-4-7-19/h2-4,6-11H,5,12-18H2,1H3,(H,24,28)(H,25,29). The van der Waals surface area contributed by atoms with Crippen molar-refractivity contribution in [2.24, 2.45) is 0 Å². The number of hydrogen-bond acceptors (Lipinski definition) is 5. The normalized spacial score (nSPS) is 14.2. The number of rotatable bonds is 9. The molecule has 1 fully saturated rings. The highest BCUT2D eigenvalue weighted by molar-refractivity contribution is 5.96. The number of benzene rings is 2. The Hall–Kier alpha value is -3.06. The van der Waals surface area contributed by atoms with E-state index in [1.807, 2.05) is 18.2 Å². The van der Waals surface area contributed by atoms with E-state index in [2.05, 4.69) is 32.6 Å². The number of carbonyl (C=O) groups is 2. The van der Waals surface area contributed by atoms with E-state index in [0.29, 0.717) is 12.1 Å². The Bertz CT molecular complexity index is 803. The van der Waals surface area contributed by atoms with Crippen molar-refractivity contribution in [3.05, 3.63) is 60.2 Å². The van der Waals surface area contributed by atoms with Gasteiger partial charge in [0.2, 0.25) is 5.91 Å². The van der Waals surface area contributed by atoms with E-state index in [0.717, 1.165) is 44.9 Å². The van der Waals surface area contributed by atoms with E-state index < -0.39 is 0 Å². The van der Waals surface area contributed by atoms with Gasteiger partial charge in [0.25, 0.3) is 5.91 Å². The van der Waals surface area contributed by atoms with Gasteiger partial charge in [-0.2, -0.15) is 0 Å². The molecule has 30 heavy (non-hydrogen) atoms. The summed E-state index contributed by atoms with van der Waals surface area (Å²) in [5.74, 6) is 0.475. The molecule has 0 spiro atoms. The maximum atomic E-state index is 11.9. The van der Waals surface area contributed by atoms with Crippen LogP contribution in [0.4, 0.5) is 5.69 Å². The lowest BCUT2D eigenvalue weighted by Crippen LogP contribution is -2.47. The number of piperazine rings is 1. The maximum absolute atomic E-state index is 11.9. The summed E-state index contributed by atoms with van der Waals surface area (Å²) in [5, 5.41) is 5.51. The predicted molar refractivity (Wildman–Crippen MR) is 118 cm³/mol. The highest BCUT2D eigenvalue weighted by atomic mass is 16.5. The van der Waals surface area contributed by atoms with E-state index in [1.54, 1.807) is 31.4 Å². The van der Waals surface area contributed by atoms with Crippen LogP contribution in [-0.4, -0.2) is 69.6 Å². The van der Waals surface area contributed by atoms with Crippen LogP contribution in [-0.2, 0) is 4.79 Å². The summed E-state index contributed by atoms with van der Waals surface area (Å²) in [6.07, 6.45) is 0.890. The Morgan fingerprint density at radius 1 is 0.933 bits per heavy atom. The van der Waals surface area contributed by atoms with Crippen molar-refractivity contribution in [3.63, 3.8) is 0 Å². The zero-order chi connectivity index (χ0) is 21.2. The van der Waals surface area contributed by atoms with Gasteiger partial charge in [0.1, 0.15) is 5.75 Å². The molecule has 0 bridgehead atoms. The molecule has 1 saturated heterocycles. The number of nitrogens with one attached hydrogen (secondary N) is 2. The van der Waals surface area contributed by atoms with Gasteiger partial charge in [0.05, 0.1) is 13.7 Å². The number of nitrogens with zero attached hydrogens (tertiary/aromatic N) is 2. The van der Waals surface area contributed by atoms with Gasteiger partial charge in [-0.05, 0) is 49.4 Å². The third kappa shape index (κ3) is 6.49.